The number of benzene rings is 2. The summed E-state index contributed by atoms with van der Waals surface area (Å²) in [6.45, 7) is 3.80. The topological polar surface area (TPSA) is 70.6 Å². The largest absolute Gasteiger partial charge is 0.357 e. The molecular weight excluding hydrogens is 528 g/mol. The summed E-state index contributed by atoms with van der Waals surface area (Å²) in [7, 11) is -3.15. The molecule has 0 amide bonds. The molecule has 0 unspecified atom stereocenters. The summed E-state index contributed by atoms with van der Waals surface area (Å²) in [6.07, 6.45) is 2.50. The molecule has 0 spiro atoms. The van der Waals surface area contributed by atoms with Crippen molar-refractivity contribution in [1.82, 2.24) is 10.6 Å². The van der Waals surface area contributed by atoms with Crippen molar-refractivity contribution in [2.24, 2.45) is 4.99 Å². The van der Waals surface area contributed by atoms with Gasteiger partial charge in [0.25, 0.3) is 0 Å². The van der Waals surface area contributed by atoms with E-state index in [1.54, 1.807) is 12.1 Å². The molecule has 0 aliphatic heterocycles. The quantitative estimate of drug-likeness (QED) is 0.200. The summed E-state index contributed by atoms with van der Waals surface area (Å²) in [4.78, 5) is 4.68. The van der Waals surface area contributed by atoms with Crippen LogP contribution in [0.25, 0.3) is 0 Å². The van der Waals surface area contributed by atoms with E-state index in [4.69, 9.17) is 0 Å². The van der Waals surface area contributed by atoms with E-state index in [2.05, 4.69) is 15.6 Å². The second-order valence-electron chi connectivity index (χ2n) is 7.84. The summed E-state index contributed by atoms with van der Waals surface area (Å²) in [5.41, 5.74) is 1.73. The van der Waals surface area contributed by atoms with E-state index in [9.17, 15) is 12.8 Å². The molecule has 3 rings (SSSR count). The molecule has 1 fully saturated rings. The Kier molecular flexibility index (Phi) is 9.74. The Balaban J connectivity index is 0.00000341. The standard InChI is InChI=1S/C23H30FN3O2S.HI/c1-2-25-22(27-18-23(12-13-23)20-10-6-11-21(24)16-20)26-14-7-15-30(28,29)17-19-8-4-3-5-9-19;/h3-6,8-11,16H,2,7,12-15,17-18H2,1H3,(H2,25,26,27);1H. The van der Waals surface area contributed by atoms with Gasteiger partial charge in [-0.15, -0.1) is 24.0 Å². The van der Waals surface area contributed by atoms with Crippen LogP contribution in [0, 0.1) is 5.82 Å². The van der Waals surface area contributed by atoms with Gasteiger partial charge in [-0.1, -0.05) is 42.5 Å². The predicted octanol–water partition coefficient (Wildman–Crippen LogP) is 4.04. The van der Waals surface area contributed by atoms with Crippen molar-refractivity contribution in [2.75, 3.05) is 25.4 Å². The summed E-state index contributed by atoms with van der Waals surface area (Å²) < 4.78 is 38.2. The third-order valence-corrected chi connectivity index (χ3v) is 7.01. The third kappa shape index (κ3) is 8.07. The van der Waals surface area contributed by atoms with Crippen molar-refractivity contribution in [3.05, 3.63) is 71.5 Å². The molecular formula is C23H31FIN3O2S. The van der Waals surface area contributed by atoms with Crippen LogP contribution in [-0.2, 0) is 21.0 Å². The van der Waals surface area contributed by atoms with Gasteiger partial charge in [-0.2, -0.15) is 0 Å². The highest BCUT2D eigenvalue weighted by atomic mass is 127. The Morgan fingerprint density at radius 2 is 1.84 bits per heavy atom. The SMILES string of the molecule is CCNC(=NCC1(c2cccc(F)c2)CC1)NCCCS(=O)(=O)Cc1ccccc1.I. The molecule has 31 heavy (non-hydrogen) atoms. The number of guanidine groups is 1. The van der Waals surface area contributed by atoms with Crippen LogP contribution < -0.4 is 10.6 Å². The van der Waals surface area contributed by atoms with Crippen molar-refractivity contribution in [1.29, 1.82) is 0 Å². The smallest absolute Gasteiger partial charge is 0.191 e. The highest BCUT2D eigenvalue weighted by molar-refractivity contribution is 14.0. The van der Waals surface area contributed by atoms with Gasteiger partial charge in [-0.05, 0) is 49.4 Å². The summed E-state index contributed by atoms with van der Waals surface area (Å²) in [5.74, 6) is 0.643. The average Bonchev–Trinajstić information content (AvgIpc) is 3.51. The Bertz CT molecular complexity index is 964. The van der Waals surface area contributed by atoms with E-state index in [1.165, 1.54) is 6.07 Å². The van der Waals surface area contributed by atoms with Gasteiger partial charge >= 0.3 is 0 Å². The van der Waals surface area contributed by atoms with Gasteiger partial charge in [0.2, 0.25) is 0 Å². The molecule has 0 atom stereocenters. The molecule has 0 saturated heterocycles. The third-order valence-electron chi connectivity index (χ3n) is 5.33. The summed E-state index contributed by atoms with van der Waals surface area (Å²) in [6, 6.07) is 16.0. The molecule has 0 aromatic heterocycles. The van der Waals surface area contributed by atoms with Crippen LogP contribution in [-0.4, -0.2) is 39.8 Å². The zero-order valence-electron chi connectivity index (χ0n) is 17.8. The number of aliphatic imine (C=N–C) groups is 1. The normalized spacial score (nSPS) is 15.1. The van der Waals surface area contributed by atoms with Gasteiger partial charge in [0.05, 0.1) is 18.1 Å². The Labute approximate surface area is 201 Å². The number of sulfone groups is 1. The van der Waals surface area contributed by atoms with E-state index < -0.39 is 9.84 Å². The van der Waals surface area contributed by atoms with E-state index in [0.29, 0.717) is 32.0 Å². The Hall–Kier alpha value is -1.68. The first-order valence-corrected chi connectivity index (χ1v) is 12.3. The van der Waals surface area contributed by atoms with Gasteiger partial charge in [0.1, 0.15) is 5.82 Å². The second-order valence-corrected chi connectivity index (χ2v) is 10.0. The fourth-order valence-electron chi connectivity index (χ4n) is 3.48. The maximum absolute atomic E-state index is 13.6. The summed E-state index contributed by atoms with van der Waals surface area (Å²) in [5, 5.41) is 6.42. The zero-order valence-corrected chi connectivity index (χ0v) is 21.0. The lowest BCUT2D eigenvalue weighted by atomic mass is 9.96. The first kappa shape index (κ1) is 25.6. The maximum atomic E-state index is 13.6. The fraction of sp³-hybridized carbons (Fsp3) is 0.435. The van der Waals surface area contributed by atoms with Gasteiger partial charge in [0.15, 0.2) is 15.8 Å². The molecule has 2 aromatic carbocycles. The fourth-order valence-corrected chi connectivity index (χ4v) is 4.91. The van der Waals surface area contributed by atoms with Gasteiger partial charge in [-0.25, -0.2) is 12.8 Å². The van der Waals surface area contributed by atoms with E-state index in [1.807, 2.05) is 43.3 Å². The minimum Gasteiger partial charge on any atom is -0.357 e. The van der Waals surface area contributed by atoms with Crippen LogP contribution in [0.4, 0.5) is 4.39 Å². The van der Waals surface area contributed by atoms with Gasteiger partial charge < -0.3 is 10.6 Å². The highest BCUT2D eigenvalue weighted by Crippen LogP contribution is 2.48. The molecule has 1 saturated carbocycles. The minimum absolute atomic E-state index is 0. The van der Waals surface area contributed by atoms with Crippen molar-refractivity contribution in [3.63, 3.8) is 0 Å². The first-order valence-electron chi connectivity index (χ1n) is 10.4. The van der Waals surface area contributed by atoms with Crippen molar-refractivity contribution in [3.8, 4) is 0 Å². The second kappa shape index (κ2) is 11.8. The zero-order chi connectivity index (χ0) is 21.5. The lowest BCUT2D eigenvalue weighted by Gasteiger charge is -2.16. The molecule has 170 valence electrons. The first-order chi connectivity index (χ1) is 14.4. The van der Waals surface area contributed by atoms with Crippen molar-refractivity contribution in [2.45, 2.75) is 37.4 Å². The monoisotopic (exact) mass is 559 g/mol. The average molecular weight is 559 g/mol. The van der Waals surface area contributed by atoms with Gasteiger partial charge in [-0.3, -0.25) is 4.99 Å². The molecule has 2 aromatic rings. The molecule has 5 nitrogen and oxygen atoms in total. The number of nitrogens with zero attached hydrogens (tertiary/aromatic N) is 1. The minimum atomic E-state index is -3.15. The number of hydrogen-bond donors (Lipinski definition) is 2. The molecule has 0 bridgehead atoms. The molecule has 1 aliphatic carbocycles. The van der Waals surface area contributed by atoms with Crippen LogP contribution in [0.3, 0.4) is 0 Å². The molecule has 2 N–H and O–H groups in total. The Morgan fingerprint density at radius 3 is 2.48 bits per heavy atom. The number of rotatable bonds is 10. The highest BCUT2D eigenvalue weighted by Gasteiger charge is 2.44. The van der Waals surface area contributed by atoms with E-state index in [-0.39, 0.29) is 46.7 Å². The van der Waals surface area contributed by atoms with E-state index in [0.717, 1.165) is 24.0 Å². The van der Waals surface area contributed by atoms with Crippen LogP contribution in [0.15, 0.2) is 59.6 Å². The van der Waals surface area contributed by atoms with Crippen LogP contribution in [0.1, 0.15) is 37.3 Å². The lowest BCUT2D eigenvalue weighted by Crippen LogP contribution is -2.38. The van der Waals surface area contributed by atoms with Crippen LogP contribution in [0.2, 0.25) is 0 Å². The molecule has 1 aliphatic rings. The molecule has 0 heterocycles. The summed E-state index contributed by atoms with van der Waals surface area (Å²) >= 11 is 0. The predicted molar refractivity (Wildman–Crippen MR) is 135 cm³/mol. The Morgan fingerprint density at radius 1 is 1.10 bits per heavy atom. The number of halogens is 2. The number of nitrogens with one attached hydrogen (secondary N) is 2. The molecule has 8 heteroatoms. The lowest BCUT2D eigenvalue weighted by molar-refractivity contribution is 0.591. The molecule has 0 radical (unpaired) electrons. The maximum Gasteiger partial charge on any atom is 0.191 e. The van der Waals surface area contributed by atoms with Crippen LogP contribution >= 0.6 is 24.0 Å². The number of hydrogen-bond acceptors (Lipinski definition) is 3. The van der Waals surface area contributed by atoms with Crippen molar-refractivity contribution < 1.29 is 12.8 Å². The van der Waals surface area contributed by atoms with Gasteiger partial charge in [0, 0.05) is 18.5 Å². The van der Waals surface area contributed by atoms with Crippen molar-refractivity contribution >= 4 is 39.8 Å². The van der Waals surface area contributed by atoms with E-state index >= 15 is 0 Å². The van der Waals surface area contributed by atoms with Crippen LogP contribution in [0.5, 0.6) is 0 Å².